The third kappa shape index (κ3) is 40.4. The standard InChI is InChI=1S/C14H26O5.C10H18O4.C3H8O3/c1-3-5-7-9-14(17)19-11-12(15)10-18-13(16)8-6-4-2;11-9(12)7-5-3-1-2-4-6-8-10(13)14;4-1-3(6)2-5/h12,15H,3-11H2,1-2H3;1-8H2,(H,11,12)(H,13,14);3-6H,1-2H2. The number of aliphatic carboxylic acids is 2. The van der Waals surface area contributed by atoms with E-state index in [-0.39, 0.29) is 51.2 Å². The molecule has 0 aliphatic rings. The quantitative estimate of drug-likeness (QED) is 0.0823. The molecule has 0 aliphatic carbocycles. The minimum absolute atomic E-state index is 0.119. The molecule has 0 rings (SSSR count). The molecule has 0 aliphatic heterocycles. The van der Waals surface area contributed by atoms with Crippen LogP contribution in [0.3, 0.4) is 0 Å². The molecule has 0 amide bonds. The second-order valence-corrected chi connectivity index (χ2v) is 9.01. The van der Waals surface area contributed by atoms with Crippen LogP contribution in [0.15, 0.2) is 0 Å². The van der Waals surface area contributed by atoms with Crippen LogP contribution in [-0.4, -0.2) is 93.2 Å². The van der Waals surface area contributed by atoms with Gasteiger partial charge in [-0.3, -0.25) is 19.2 Å². The lowest BCUT2D eigenvalue weighted by molar-refractivity contribution is -0.152. The molecule has 12 heteroatoms. The lowest BCUT2D eigenvalue weighted by atomic mass is 10.1. The average molecular weight is 569 g/mol. The number of hydrogen-bond acceptors (Lipinski definition) is 10. The molecule has 232 valence electrons. The lowest BCUT2D eigenvalue weighted by Gasteiger charge is -2.11. The number of ether oxygens (including phenoxy) is 2. The number of esters is 2. The predicted octanol–water partition coefficient (Wildman–Crippen LogP) is 2.81. The van der Waals surface area contributed by atoms with Crippen LogP contribution in [0.1, 0.15) is 110 Å². The van der Waals surface area contributed by atoms with Gasteiger partial charge in [-0.05, 0) is 25.7 Å². The first-order chi connectivity index (χ1) is 18.5. The molecule has 12 nitrogen and oxygen atoms in total. The number of carboxylic acids is 2. The van der Waals surface area contributed by atoms with Gasteiger partial charge in [-0.2, -0.15) is 0 Å². The van der Waals surface area contributed by atoms with E-state index in [9.17, 15) is 24.3 Å². The van der Waals surface area contributed by atoms with Crippen LogP contribution in [0, 0.1) is 0 Å². The van der Waals surface area contributed by atoms with Gasteiger partial charge in [0, 0.05) is 25.7 Å². The minimum atomic E-state index is -0.954. The zero-order chi connectivity index (χ0) is 30.3. The Hall–Kier alpha value is -2.28. The molecule has 0 aromatic heterocycles. The molecule has 0 bridgehead atoms. The Kier molecular flexibility index (Phi) is 33.7. The molecule has 0 spiro atoms. The highest BCUT2D eigenvalue weighted by Crippen LogP contribution is 2.08. The average Bonchev–Trinajstić information content (AvgIpc) is 2.91. The van der Waals surface area contributed by atoms with E-state index in [1.807, 2.05) is 6.92 Å². The van der Waals surface area contributed by atoms with Crippen molar-refractivity contribution in [3.63, 3.8) is 0 Å². The summed E-state index contributed by atoms with van der Waals surface area (Å²) in [6.07, 6.45) is 9.20. The fraction of sp³-hybridized carbons (Fsp3) is 0.852. The molecule has 0 saturated carbocycles. The fourth-order valence-electron chi connectivity index (χ4n) is 2.73. The maximum Gasteiger partial charge on any atom is 0.305 e. The Morgan fingerprint density at radius 2 is 0.897 bits per heavy atom. The highest BCUT2D eigenvalue weighted by Gasteiger charge is 2.11. The number of rotatable bonds is 22. The van der Waals surface area contributed by atoms with Gasteiger partial charge in [0.05, 0.1) is 13.2 Å². The monoisotopic (exact) mass is 568 g/mol. The van der Waals surface area contributed by atoms with Crippen LogP contribution in [-0.2, 0) is 28.7 Å². The van der Waals surface area contributed by atoms with E-state index >= 15 is 0 Å². The number of aliphatic hydroxyl groups excluding tert-OH is 4. The molecular formula is C27H52O12. The highest BCUT2D eigenvalue weighted by atomic mass is 16.6. The van der Waals surface area contributed by atoms with Gasteiger partial charge in [-0.1, -0.05) is 58.8 Å². The summed E-state index contributed by atoms with van der Waals surface area (Å²) in [5, 5.41) is 50.2. The number of hydrogen-bond donors (Lipinski definition) is 6. The highest BCUT2D eigenvalue weighted by molar-refractivity contribution is 5.69. The molecule has 39 heavy (non-hydrogen) atoms. The SMILES string of the molecule is CCCCCC(=O)OCC(O)COC(=O)CCCC.O=C(O)CCCCCCCCC(=O)O.OCC(O)CO. The Morgan fingerprint density at radius 1 is 0.538 bits per heavy atom. The molecule has 0 radical (unpaired) electrons. The Bertz CT molecular complexity index is 573. The molecule has 1 atom stereocenters. The summed E-state index contributed by atoms with van der Waals surface area (Å²) in [5.74, 6) is -2.12. The van der Waals surface area contributed by atoms with Crippen molar-refractivity contribution < 1.29 is 59.3 Å². The first-order valence-corrected chi connectivity index (χ1v) is 13.9. The van der Waals surface area contributed by atoms with E-state index in [2.05, 4.69) is 6.92 Å². The van der Waals surface area contributed by atoms with Crippen LogP contribution in [0.4, 0.5) is 0 Å². The fourth-order valence-corrected chi connectivity index (χ4v) is 2.73. The van der Waals surface area contributed by atoms with E-state index in [1.54, 1.807) is 0 Å². The van der Waals surface area contributed by atoms with E-state index in [4.69, 9.17) is 35.0 Å². The predicted molar refractivity (Wildman–Crippen MR) is 144 cm³/mol. The third-order valence-corrected chi connectivity index (χ3v) is 5.05. The van der Waals surface area contributed by atoms with Crippen LogP contribution >= 0.6 is 0 Å². The number of carbonyl (C=O) groups excluding carboxylic acids is 2. The van der Waals surface area contributed by atoms with Crippen molar-refractivity contribution >= 4 is 23.9 Å². The smallest absolute Gasteiger partial charge is 0.305 e. The molecule has 0 fully saturated rings. The normalized spacial score (nSPS) is 10.9. The second kappa shape index (κ2) is 31.9. The topological polar surface area (TPSA) is 208 Å². The van der Waals surface area contributed by atoms with Gasteiger partial charge in [0.25, 0.3) is 0 Å². The zero-order valence-electron chi connectivity index (χ0n) is 23.7. The van der Waals surface area contributed by atoms with E-state index in [0.717, 1.165) is 70.6 Å². The minimum Gasteiger partial charge on any atom is -0.481 e. The van der Waals surface area contributed by atoms with Crippen molar-refractivity contribution in [3.05, 3.63) is 0 Å². The second-order valence-electron chi connectivity index (χ2n) is 9.01. The molecule has 0 heterocycles. The summed E-state index contributed by atoms with van der Waals surface area (Å²) >= 11 is 0. The van der Waals surface area contributed by atoms with Gasteiger partial charge >= 0.3 is 23.9 Å². The Labute approximate surface area is 232 Å². The van der Waals surface area contributed by atoms with Crippen molar-refractivity contribution in [3.8, 4) is 0 Å². The number of carbonyl (C=O) groups is 4. The first kappa shape index (κ1) is 41.2. The molecule has 1 unspecified atom stereocenters. The number of aliphatic hydroxyl groups is 4. The van der Waals surface area contributed by atoms with Crippen LogP contribution < -0.4 is 0 Å². The summed E-state index contributed by atoms with van der Waals surface area (Å²) < 4.78 is 9.74. The van der Waals surface area contributed by atoms with Crippen molar-refractivity contribution in [2.75, 3.05) is 26.4 Å². The van der Waals surface area contributed by atoms with Gasteiger partial charge in [0.1, 0.15) is 25.4 Å². The summed E-state index contributed by atoms with van der Waals surface area (Å²) in [6.45, 7) is 3.08. The van der Waals surface area contributed by atoms with Crippen molar-refractivity contribution in [1.29, 1.82) is 0 Å². The van der Waals surface area contributed by atoms with Gasteiger partial charge in [-0.25, -0.2) is 0 Å². The van der Waals surface area contributed by atoms with Crippen molar-refractivity contribution in [1.82, 2.24) is 0 Å². The molecule has 0 aromatic rings. The van der Waals surface area contributed by atoms with E-state index in [1.165, 1.54) is 0 Å². The number of unbranched alkanes of at least 4 members (excludes halogenated alkanes) is 8. The summed E-state index contributed by atoms with van der Waals surface area (Å²) in [7, 11) is 0. The largest absolute Gasteiger partial charge is 0.481 e. The van der Waals surface area contributed by atoms with Crippen molar-refractivity contribution in [2.45, 2.75) is 122 Å². The summed E-state index contributed by atoms with van der Waals surface area (Å²) in [5.41, 5.74) is 0. The molecular weight excluding hydrogens is 516 g/mol. The lowest BCUT2D eigenvalue weighted by Crippen LogP contribution is -2.25. The molecule has 0 aromatic carbocycles. The van der Waals surface area contributed by atoms with Crippen LogP contribution in [0.5, 0.6) is 0 Å². The number of carboxylic acid groups (broad SMARTS) is 2. The van der Waals surface area contributed by atoms with Crippen LogP contribution in [0.2, 0.25) is 0 Å². The molecule has 0 saturated heterocycles. The Morgan fingerprint density at radius 3 is 1.23 bits per heavy atom. The summed E-state index contributed by atoms with van der Waals surface area (Å²) in [4.78, 5) is 42.7. The van der Waals surface area contributed by atoms with E-state index in [0.29, 0.717) is 12.8 Å². The zero-order valence-corrected chi connectivity index (χ0v) is 23.7. The maximum atomic E-state index is 11.3. The summed E-state index contributed by atoms with van der Waals surface area (Å²) in [6, 6.07) is 0. The van der Waals surface area contributed by atoms with Gasteiger partial charge in [-0.15, -0.1) is 0 Å². The van der Waals surface area contributed by atoms with Gasteiger partial charge in [0.2, 0.25) is 0 Å². The van der Waals surface area contributed by atoms with Crippen molar-refractivity contribution in [2.24, 2.45) is 0 Å². The van der Waals surface area contributed by atoms with Gasteiger partial charge in [0.15, 0.2) is 0 Å². The Balaban J connectivity index is -0.000000566. The van der Waals surface area contributed by atoms with Crippen LogP contribution in [0.25, 0.3) is 0 Å². The van der Waals surface area contributed by atoms with E-state index < -0.39 is 24.1 Å². The first-order valence-electron chi connectivity index (χ1n) is 13.9. The molecule has 6 N–H and O–H groups in total. The third-order valence-electron chi connectivity index (χ3n) is 5.05. The maximum absolute atomic E-state index is 11.3. The van der Waals surface area contributed by atoms with Gasteiger partial charge < -0.3 is 40.1 Å².